The molecule has 0 aliphatic heterocycles. The van der Waals surface area contributed by atoms with Gasteiger partial charge in [0.15, 0.2) is 11.5 Å². The van der Waals surface area contributed by atoms with Crippen LogP contribution in [0, 0.1) is 5.82 Å². The van der Waals surface area contributed by atoms with E-state index in [9.17, 15) is 9.18 Å². The molecule has 0 atom stereocenters. The van der Waals surface area contributed by atoms with Gasteiger partial charge < -0.3 is 14.8 Å². The van der Waals surface area contributed by atoms with Gasteiger partial charge in [-0.05, 0) is 24.3 Å². The molecule has 2 aromatic rings. The van der Waals surface area contributed by atoms with Crippen molar-refractivity contribution in [3.63, 3.8) is 0 Å². The first-order valence-corrected chi connectivity index (χ1v) is 6.42. The van der Waals surface area contributed by atoms with E-state index in [4.69, 9.17) is 21.1 Å². The minimum atomic E-state index is -0.516. The highest BCUT2D eigenvalue weighted by Gasteiger charge is 2.16. The summed E-state index contributed by atoms with van der Waals surface area (Å²) in [6, 6.07) is 8.80. The molecule has 0 saturated heterocycles. The van der Waals surface area contributed by atoms with Gasteiger partial charge in [0.2, 0.25) is 0 Å². The lowest BCUT2D eigenvalue weighted by Gasteiger charge is -2.12. The lowest BCUT2D eigenvalue weighted by atomic mass is 10.1. The van der Waals surface area contributed by atoms with E-state index in [0.29, 0.717) is 11.5 Å². The van der Waals surface area contributed by atoms with Crippen LogP contribution < -0.4 is 14.8 Å². The molecule has 0 radical (unpaired) electrons. The number of nitrogens with one attached hydrogen (secondary N) is 1. The molecule has 0 fully saturated rings. The first-order valence-electron chi connectivity index (χ1n) is 6.04. The third-order valence-electron chi connectivity index (χ3n) is 2.82. The SMILES string of the molecule is COc1cc(C(=O)Nc2ccccc2F)cc(Cl)c1OC. The van der Waals surface area contributed by atoms with Crippen LogP contribution in [0.25, 0.3) is 0 Å². The molecular formula is C15H13ClFNO3. The highest BCUT2D eigenvalue weighted by atomic mass is 35.5. The number of carbonyl (C=O) groups excluding carboxylic acids is 1. The van der Waals surface area contributed by atoms with Crippen molar-refractivity contribution in [1.82, 2.24) is 0 Å². The van der Waals surface area contributed by atoms with Gasteiger partial charge in [-0.1, -0.05) is 23.7 Å². The summed E-state index contributed by atoms with van der Waals surface area (Å²) < 4.78 is 23.7. The van der Waals surface area contributed by atoms with Gasteiger partial charge in [0.05, 0.1) is 24.9 Å². The second-order valence-electron chi connectivity index (χ2n) is 4.13. The second-order valence-corrected chi connectivity index (χ2v) is 4.53. The topological polar surface area (TPSA) is 47.6 Å². The highest BCUT2D eigenvalue weighted by molar-refractivity contribution is 6.32. The molecule has 0 heterocycles. The first kappa shape index (κ1) is 15.1. The zero-order valence-corrected chi connectivity index (χ0v) is 12.2. The van der Waals surface area contributed by atoms with Crippen LogP contribution in [0.3, 0.4) is 0 Å². The molecule has 0 aliphatic carbocycles. The number of ether oxygens (including phenoxy) is 2. The minimum absolute atomic E-state index is 0.0911. The first-order chi connectivity index (χ1) is 10.1. The summed E-state index contributed by atoms with van der Waals surface area (Å²) in [7, 11) is 2.88. The van der Waals surface area contributed by atoms with Crippen molar-refractivity contribution < 1.29 is 18.7 Å². The average Bonchev–Trinajstić information content (AvgIpc) is 2.48. The number of benzene rings is 2. The number of anilines is 1. The van der Waals surface area contributed by atoms with E-state index < -0.39 is 11.7 Å². The van der Waals surface area contributed by atoms with E-state index in [2.05, 4.69) is 5.32 Å². The molecule has 110 valence electrons. The third kappa shape index (κ3) is 3.25. The Balaban J connectivity index is 2.32. The third-order valence-corrected chi connectivity index (χ3v) is 3.10. The predicted molar refractivity (Wildman–Crippen MR) is 78.9 cm³/mol. The van der Waals surface area contributed by atoms with E-state index in [-0.39, 0.29) is 16.3 Å². The highest BCUT2D eigenvalue weighted by Crippen LogP contribution is 2.36. The van der Waals surface area contributed by atoms with Crippen LogP contribution in [0.15, 0.2) is 36.4 Å². The van der Waals surface area contributed by atoms with Gasteiger partial charge in [-0.2, -0.15) is 0 Å². The number of carbonyl (C=O) groups is 1. The lowest BCUT2D eigenvalue weighted by Crippen LogP contribution is -2.13. The van der Waals surface area contributed by atoms with Gasteiger partial charge in [-0.3, -0.25) is 4.79 Å². The Morgan fingerprint density at radius 3 is 2.52 bits per heavy atom. The fraction of sp³-hybridized carbons (Fsp3) is 0.133. The number of halogens is 2. The summed E-state index contributed by atoms with van der Waals surface area (Å²) in [5, 5.41) is 2.71. The smallest absolute Gasteiger partial charge is 0.255 e. The largest absolute Gasteiger partial charge is 0.493 e. The van der Waals surface area contributed by atoms with Crippen molar-refractivity contribution >= 4 is 23.2 Å². The molecule has 1 amide bonds. The van der Waals surface area contributed by atoms with Crippen LogP contribution in [-0.2, 0) is 0 Å². The van der Waals surface area contributed by atoms with Crippen LogP contribution in [-0.4, -0.2) is 20.1 Å². The predicted octanol–water partition coefficient (Wildman–Crippen LogP) is 3.75. The quantitative estimate of drug-likeness (QED) is 0.935. The van der Waals surface area contributed by atoms with Crippen molar-refractivity contribution in [1.29, 1.82) is 0 Å². The van der Waals surface area contributed by atoms with Gasteiger partial charge in [0.25, 0.3) is 5.91 Å². The second kappa shape index (κ2) is 6.45. The van der Waals surface area contributed by atoms with Crippen LogP contribution in [0.2, 0.25) is 5.02 Å². The summed E-state index contributed by atoms with van der Waals surface area (Å²) in [6.45, 7) is 0. The molecule has 0 spiro atoms. The number of amides is 1. The molecule has 4 nitrogen and oxygen atoms in total. The van der Waals surface area contributed by atoms with Gasteiger partial charge in [0.1, 0.15) is 5.82 Å². The molecule has 0 saturated carbocycles. The van der Waals surface area contributed by atoms with Crippen molar-refractivity contribution in [2.45, 2.75) is 0 Å². The molecule has 21 heavy (non-hydrogen) atoms. The zero-order chi connectivity index (χ0) is 15.4. The van der Waals surface area contributed by atoms with Crippen LogP contribution in [0.1, 0.15) is 10.4 Å². The molecular weight excluding hydrogens is 297 g/mol. The Morgan fingerprint density at radius 1 is 1.19 bits per heavy atom. The maximum absolute atomic E-state index is 13.5. The van der Waals surface area contributed by atoms with E-state index in [0.717, 1.165) is 0 Å². The number of rotatable bonds is 4. The number of hydrogen-bond donors (Lipinski definition) is 1. The van der Waals surface area contributed by atoms with E-state index in [1.54, 1.807) is 6.07 Å². The Kier molecular flexibility index (Phi) is 4.65. The molecule has 0 aliphatic rings. The summed E-state index contributed by atoms with van der Waals surface area (Å²) in [5.74, 6) is -0.356. The van der Waals surface area contributed by atoms with Crippen LogP contribution >= 0.6 is 11.6 Å². The Morgan fingerprint density at radius 2 is 1.90 bits per heavy atom. The fourth-order valence-corrected chi connectivity index (χ4v) is 2.09. The molecule has 1 N–H and O–H groups in total. The monoisotopic (exact) mass is 309 g/mol. The van der Waals surface area contributed by atoms with Crippen molar-refractivity contribution in [3.8, 4) is 11.5 Å². The maximum Gasteiger partial charge on any atom is 0.255 e. The van der Waals surface area contributed by atoms with Crippen LogP contribution in [0.4, 0.5) is 10.1 Å². The summed E-state index contributed by atoms with van der Waals surface area (Å²) in [4.78, 5) is 12.2. The van der Waals surface area contributed by atoms with Crippen molar-refractivity contribution in [2.75, 3.05) is 19.5 Å². The molecule has 0 bridgehead atoms. The zero-order valence-electron chi connectivity index (χ0n) is 11.4. The van der Waals surface area contributed by atoms with Gasteiger partial charge in [-0.25, -0.2) is 4.39 Å². The van der Waals surface area contributed by atoms with Gasteiger partial charge >= 0.3 is 0 Å². The van der Waals surface area contributed by atoms with Crippen molar-refractivity contribution in [3.05, 3.63) is 52.8 Å². The Labute approximate surface area is 126 Å². The summed E-state index contributed by atoms with van der Waals surface area (Å²) >= 11 is 6.03. The molecule has 6 heteroatoms. The Hall–Kier alpha value is -2.27. The number of methoxy groups -OCH3 is 2. The van der Waals surface area contributed by atoms with Gasteiger partial charge in [0, 0.05) is 5.56 Å². The minimum Gasteiger partial charge on any atom is -0.493 e. The number of hydrogen-bond acceptors (Lipinski definition) is 3. The standard InChI is InChI=1S/C15H13ClFNO3/c1-20-13-8-9(7-10(16)14(13)21-2)15(19)18-12-6-4-3-5-11(12)17/h3-8H,1-2H3,(H,18,19). The average molecular weight is 310 g/mol. The normalized spacial score (nSPS) is 10.1. The van der Waals surface area contributed by atoms with E-state index in [1.807, 2.05) is 0 Å². The summed E-state index contributed by atoms with van der Waals surface area (Å²) in [6.07, 6.45) is 0. The van der Waals surface area contributed by atoms with Crippen molar-refractivity contribution in [2.24, 2.45) is 0 Å². The van der Waals surface area contributed by atoms with Crippen LogP contribution in [0.5, 0.6) is 11.5 Å². The lowest BCUT2D eigenvalue weighted by molar-refractivity contribution is 0.102. The summed E-state index contributed by atoms with van der Waals surface area (Å²) in [5.41, 5.74) is 0.328. The van der Waals surface area contributed by atoms with Gasteiger partial charge in [-0.15, -0.1) is 0 Å². The number of para-hydroxylation sites is 1. The van der Waals surface area contributed by atoms with E-state index in [1.165, 1.54) is 44.6 Å². The molecule has 2 aromatic carbocycles. The molecule has 0 unspecified atom stereocenters. The molecule has 0 aromatic heterocycles. The molecule has 2 rings (SSSR count). The maximum atomic E-state index is 13.5. The fourth-order valence-electron chi connectivity index (χ4n) is 1.81. The Bertz CT molecular complexity index is 676. The van der Waals surface area contributed by atoms with E-state index >= 15 is 0 Å².